The van der Waals surface area contributed by atoms with Crippen LogP contribution in [0.3, 0.4) is 0 Å². The van der Waals surface area contributed by atoms with E-state index in [0.717, 1.165) is 5.56 Å². The van der Waals surface area contributed by atoms with Crippen molar-refractivity contribution in [3.8, 4) is 11.5 Å². The number of carbonyl (C=O) groups excluding carboxylic acids is 1. The van der Waals surface area contributed by atoms with Gasteiger partial charge < -0.3 is 14.8 Å². The van der Waals surface area contributed by atoms with Gasteiger partial charge in [0, 0.05) is 24.2 Å². The fraction of sp³-hybridized carbons (Fsp3) is 0.188. The van der Waals surface area contributed by atoms with Gasteiger partial charge in [0.2, 0.25) is 0 Å². The number of nitrogens with one attached hydrogen (secondary N) is 1. The number of benzene rings is 2. The van der Waals surface area contributed by atoms with Crippen LogP contribution in [0.5, 0.6) is 11.5 Å². The Hall–Kier alpha value is -3.09. The first kappa shape index (κ1) is 14.8. The van der Waals surface area contributed by atoms with Crippen LogP contribution in [-0.2, 0) is 6.54 Å². The summed E-state index contributed by atoms with van der Waals surface area (Å²) in [4.78, 5) is 22.3. The molecule has 0 atom stereocenters. The summed E-state index contributed by atoms with van der Waals surface area (Å²) < 4.78 is 10.9. The molecule has 0 spiro atoms. The number of hydrogen-bond donors (Lipinski definition) is 1. The smallest absolute Gasteiger partial charge is 0.269 e. The Labute approximate surface area is 132 Å². The maximum Gasteiger partial charge on any atom is 0.269 e. The number of amides is 1. The number of ether oxygens (including phenoxy) is 2. The predicted octanol–water partition coefficient (Wildman–Crippen LogP) is 2.30. The van der Waals surface area contributed by atoms with Crippen molar-refractivity contribution in [2.24, 2.45) is 0 Å². The van der Waals surface area contributed by atoms with E-state index < -0.39 is 4.92 Å². The summed E-state index contributed by atoms with van der Waals surface area (Å²) in [5.74, 6) is 0.933. The summed E-state index contributed by atoms with van der Waals surface area (Å²) in [6.07, 6.45) is 0. The van der Waals surface area contributed by atoms with E-state index in [1.54, 1.807) is 30.3 Å². The molecule has 0 saturated carbocycles. The van der Waals surface area contributed by atoms with Crippen LogP contribution in [0.1, 0.15) is 15.9 Å². The highest BCUT2D eigenvalue weighted by Gasteiger charge is 2.14. The Balaban J connectivity index is 1.64. The summed E-state index contributed by atoms with van der Waals surface area (Å²) in [7, 11) is 0. The molecule has 23 heavy (non-hydrogen) atoms. The highest BCUT2D eigenvalue weighted by atomic mass is 16.6. The Morgan fingerprint density at radius 3 is 2.48 bits per heavy atom. The van der Waals surface area contributed by atoms with Crippen LogP contribution in [-0.4, -0.2) is 24.0 Å². The van der Waals surface area contributed by atoms with Gasteiger partial charge in [-0.3, -0.25) is 14.9 Å². The number of nitro benzene ring substituents is 1. The molecule has 7 nitrogen and oxygen atoms in total. The van der Waals surface area contributed by atoms with E-state index in [4.69, 9.17) is 9.47 Å². The summed E-state index contributed by atoms with van der Waals surface area (Å²) in [6.45, 7) is 1.24. The van der Waals surface area contributed by atoms with E-state index in [-0.39, 0.29) is 18.1 Å². The molecule has 0 aliphatic carbocycles. The first-order valence-corrected chi connectivity index (χ1v) is 7.04. The summed E-state index contributed by atoms with van der Waals surface area (Å²) >= 11 is 0. The minimum absolute atomic E-state index is 0.0203. The molecular formula is C16H14N2O5. The number of nitro groups is 1. The third-order valence-corrected chi connectivity index (χ3v) is 3.40. The standard InChI is InChI=1S/C16H14N2O5/c19-16(12-3-6-14-15(9-12)23-8-7-22-14)17-10-11-1-4-13(5-2-11)18(20)21/h1-6,9H,7-8,10H2,(H,17,19). The average molecular weight is 314 g/mol. The Morgan fingerprint density at radius 2 is 1.78 bits per heavy atom. The number of nitrogens with zero attached hydrogens (tertiary/aromatic N) is 1. The van der Waals surface area contributed by atoms with Gasteiger partial charge in [0.1, 0.15) is 13.2 Å². The molecule has 1 aliphatic heterocycles. The first-order chi connectivity index (χ1) is 11.1. The van der Waals surface area contributed by atoms with Crippen LogP contribution >= 0.6 is 0 Å². The Morgan fingerprint density at radius 1 is 1.09 bits per heavy atom. The van der Waals surface area contributed by atoms with E-state index in [0.29, 0.717) is 30.3 Å². The Kier molecular flexibility index (Phi) is 4.09. The molecular weight excluding hydrogens is 300 g/mol. The van der Waals surface area contributed by atoms with Gasteiger partial charge in [-0.25, -0.2) is 0 Å². The fourth-order valence-electron chi connectivity index (χ4n) is 2.20. The second-order valence-electron chi connectivity index (χ2n) is 4.96. The summed E-state index contributed by atoms with van der Waals surface area (Å²) in [5.41, 5.74) is 1.27. The van der Waals surface area contributed by atoms with Crippen LogP contribution in [0.15, 0.2) is 42.5 Å². The Bertz CT molecular complexity index is 743. The maximum absolute atomic E-state index is 12.2. The quantitative estimate of drug-likeness (QED) is 0.690. The third-order valence-electron chi connectivity index (χ3n) is 3.40. The van der Waals surface area contributed by atoms with Crippen molar-refractivity contribution in [1.82, 2.24) is 5.32 Å². The predicted molar refractivity (Wildman–Crippen MR) is 81.7 cm³/mol. The molecule has 0 aromatic heterocycles. The zero-order valence-electron chi connectivity index (χ0n) is 12.2. The maximum atomic E-state index is 12.2. The van der Waals surface area contributed by atoms with Crippen LogP contribution in [0.2, 0.25) is 0 Å². The SMILES string of the molecule is O=C(NCc1ccc([N+](=O)[O-])cc1)c1ccc2c(c1)OCCO2. The van der Waals surface area contributed by atoms with Gasteiger partial charge in [-0.05, 0) is 23.8 Å². The molecule has 0 bridgehead atoms. The zero-order chi connectivity index (χ0) is 16.2. The molecule has 3 rings (SSSR count). The largest absolute Gasteiger partial charge is 0.486 e. The van der Waals surface area contributed by atoms with Crippen LogP contribution in [0.25, 0.3) is 0 Å². The molecule has 0 unspecified atom stereocenters. The van der Waals surface area contributed by atoms with Gasteiger partial charge in [0.15, 0.2) is 11.5 Å². The molecule has 0 saturated heterocycles. The molecule has 0 radical (unpaired) electrons. The van der Waals surface area contributed by atoms with E-state index in [1.165, 1.54) is 12.1 Å². The zero-order valence-corrected chi connectivity index (χ0v) is 12.2. The van der Waals surface area contributed by atoms with Gasteiger partial charge >= 0.3 is 0 Å². The molecule has 1 heterocycles. The van der Waals surface area contributed by atoms with Gasteiger partial charge in [0.05, 0.1) is 4.92 Å². The van der Waals surface area contributed by atoms with Crippen molar-refractivity contribution >= 4 is 11.6 Å². The number of non-ortho nitro benzene ring substituents is 1. The first-order valence-electron chi connectivity index (χ1n) is 7.04. The molecule has 1 N–H and O–H groups in total. The normalized spacial score (nSPS) is 12.5. The number of rotatable bonds is 4. The van der Waals surface area contributed by atoms with Crippen LogP contribution in [0, 0.1) is 10.1 Å². The van der Waals surface area contributed by atoms with Crippen molar-refractivity contribution in [3.63, 3.8) is 0 Å². The highest BCUT2D eigenvalue weighted by Crippen LogP contribution is 2.30. The molecule has 2 aromatic carbocycles. The van der Waals surface area contributed by atoms with Crippen molar-refractivity contribution in [2.75, 3.05) is 13.2 Å². The topological polar surface area (TPSA) is 90.7 Å². The van der Waals surface area contributed by atoms with Crippen molar-refractivity contribution in [2.45, 2.75) is 6.54 Å². The van der Waals surface area contributed by atoms with Gasteiger partial charge in [0.25, 0.3) is 11.6 Å². The summed E-state index contributed by atoms with van der Waals surface area (Å²) in [6, 6.07) is 11.1. The number of carbonyl (C=O) groups is 1. The van der Waals surface area contributed by atoms with E-state index in [2.05, 4.69) is 5.32 Å². The van der Waals surface area contributed by atoms with Crippen molar-refractivity contribution in [1.29, 1.82) is 0 Å². The summed E-state index contributed by atoms with van der Waals surface area (Å²) in [5, 5.41) is 13.4. The lowest BCUT2D eigenvalue weighted by atomic mass is 10.1. The molecule has 7 heteroatoms. The minimum atomic E-state index is -0.461. The number of hydrogen-bond acceptors (Lipinski definition) is 5. The van der Waals surface area contributed by atoms with Gasteiger partial charge in [-0.15, -0.1) is 0 Å². The van der Waals surface area contributed by atoms with Crippen molar-refractivity contribution < 1.29 is 19.2 Å². The van der Waals surface area contributed by atoms with E-state index in [9.17, 15) is 14.9 Å². The molecule has 2 aromatic rings. The lowest BCUT2D eigenvalue weighted by Crippen LogP contribution is -2.23. The van der Waals surface area contributed by atoms with Gasteiger partial charge in [-0.2, -0.15) is 0 Å². The third kappa shape index (κ3) is 3.39. The highest BCUT2D eigenvalue weighted by molar-refractivity contribution is 5.94. The second kappa shape index (κ2) is 6.35. The average Bonchev–Trinajstić information content (AvgIpc) is 2.59. The fourth-order valence-corrected chi connectivity index (χ4v) is 2.20. The minimum Gasteiger partial charge on any atom is -0.486 e. The van der Waals surface area contributed by atoms with Gasteiger partial charge in [-0.1, -0.05) is 12.1 Å². The monoisotopic (exact) mass is 314 g/mol. The van der Waals surface area contributed by atoms with E-state index in [1.807, 2.05) is 0 Å². The van der Waals surface area contributed by atoms with Crippen LogP contribution < -0.4 is 14.8 Å². The van der Waals surface area contributed by atoms with Crippen LogP contribution in [0.4, 0.5) is 5.69 Å². The number of fused-ring (bicyclic) bond motifs is 1. The molecule has 118 valence electrons. The lowest BCUT2D eigenvalue weighted by molar-refractivity contribution is -0.384. The van der Waals surface area contributed by atoms with Crippen molar-refractivity contribution in [3.05, 3.63) is 63.7 Å². The second-order valence-corrected chi connectivity index (χ2v) is 4.96. The molecule has 0 fully saturated rings. The van der Waals surface area contributed by atoms with E-state index >= 15 is 0 Å². The lowest BCUT2D eigenvalue weighted by Gasteiger charge is -2.18. The molecule has 1 amide bonds. The molecule has 1 aliphatic rings.